The van der Waals surface area contributed by atoms with Crippen LogP contribution in [0.3, 0.4) is 0 Å². The largest absolute Gasteiger partial charge is 0.495 e. The van der Waals surface area contributed by atoms with Crippen LogP contribution in [0.4, 0.5) is 0 Å². The predicted molar refractivity (Wildman–Crippen MR) is 158 cm³/mol. The molecule has 1 fully saturated rings. The van der Waals surface area contributed by atoms with Gasteiger partial charge < -0.3 is 23.5 Å². The number of esters is 2. The lowest BCUT2D eigenvalue weighted by Gasteiger charge is -2.32. The van der Waals surface area contributed by atoms with Crippen LogP contribution in [0.25, 0.3) is 16.9 Å². The number of nitrogens with zero attached hydrogens (tertiary/aromatic N) is 2. The zero-order valence-electron chi connectivity index (χ0n) is 24.5. The summed E-state index contributed by atoms with van der Waals surface area (Å²) in [4.78, 5) is 26.5. The molecule has 0 aliphatic carbocycles. The van der Waals surface area contributed by atoms with Gasteiger partial charge in [0.25, 0.3) is 0 Å². The van der Waals surface area contributed by atoms with Crippen LogP contribution in [-0.2, 0) is 25.4 Å². The number of benzene rings is 3. The van der Waals surface area contributed by atoms with Gasteiger partial charge in [-0.2, -0.15) is 5.10 Å². The molecule has 0 amide bonds. The SMILES string of the molecule is COC(=O)c1c(-c2cc(OCc3ccccc3)ccc2B2OC(C)(C)C(C)(C)O2)nn(-c2ccccc2)c1C(=O)OC. The zero-order valence-corrected chi connectivity index (χ0v) is 24.5. The summed E-state index contributed by atoms with van der Waals surface area (Å²) < 4.78 is 30.6. The van der Waals surface area contributed by atoms with Crippen LogP contribution in [0.2, 0.25) is 0 Å². The molecule has 4 aromatic rings. The fourth-order valence-electron chi connectivity index (χ4n) is 4.69. The summed E-state index contributed by atoms with van der Waals surface area (Å²) in [5, 5.41) is 4.80. The summed E-state index contributed by atoms with van der Waals surface area (Å²) in [5.41, 5.74) is 1.48. The minimum atomic E-state index is -0.790. The lowest BCUT2D eigenvalue weighted by molar-refractivity contribution is 0.00578. The maximum atomic E-state index is 13.4. The van der Waals surface area contributed by atoms with Crippen LogP contribution in [-0.4, -0.2) is 54.3 Å². The van der Waals surface area contributed by atoms with Gasteiger partial charge in [0.15, 0.2) is 5.69 Å². The van der Waals surface area contributed by atoms with Gasteiger partial charge in [-0.05, 0) is 63.0 Å². The van der Waals surface area contributed by atoms with Crippen molar-refractivity contribution in [3.05, 3.63) is 95.7 Å². The highest BCUT2D eigenvalue weighted by atomic mass is 16.7. The van der Waals surface area contributed by atoms with E-state index in [0.717, 1.165) is 5.56 Å². The van der Waals surface area contributed by atoms with E-state index in [-0.39, 0.29) is 17.0 Å². The number of carbonyl (C=O) groups excluding carboxylic acids is 2. The third-order valence-corrected chi connectivity index (χ3v) is 7.69. The summed E-state index contributed by atoms with van der Waals surface area (Å²) in [6, 6.07) is 24.2. The summed E-state index contributed by atoms with van der Waals surface area (Å²) in [5.74, 6) is -0.964. The molecule has 9 nitrogen and oxygen atoms in total. The third kappa shape index (κ3) is 5.43. The maximum absolute atomic E-state index is 13.4. The van der Waals surface area contributed by atoms with Gasteiger partial charge in [0, 0.05) is 5.56 Å². The Labute approximate surface area is 245 Å². The lowest BCUT2D eigenvalue weighted by atomic mass is 9.74. The van der Waals surface area contributed by atoms with E-state index in [0.29, 0.717) is 29.1 Å². The van der Waals surface area contributed by atoms with E-state index < -0.39 is 30.3 Å². The van der Waals surface area contributed by atoms with Gasteiger partial charge in [-0.3, -0.25) is 0 Å². The molecule has 0 spiro atoms. The molecule has 5 rings (SSSR count). The number of hydrogen-bond acceptors (Lipinski definition) is 8. The van der Waals surface area contributed by atoms with Crippen molar-refractivity contribution in [2.75, 3.05) is 14.2 Å². The smallest absolute Gasteiger partial charge is 0.489 e. The van der Waals surface area contributed by atoms with E-state index >= 15 is 0 Å². The minimum absolute atomic E-state index is 0.0498. The molecule has 0 unspecified atom stereocenters. The van der Waals surface area contributed by atoms with Gasteiger partial charge >= 0.3 is 19.1 Å². The van der Waals surface area contributed by atoms with Crippen LogP contribution in [0.15, 0.2) is 78.9 Å². The second kappa shape index (κ2) is 11.5. The highest BCUT2D eigenvalue weighted by molar-refractivity contribution is 6.64. The van der Waals surface area contributed by atoms with Gasteiger partial charge in [0.2, 0.25) is 0 Å². The Morgan fingerprint density at radius 2 is 1.43 bits per heavy atom. The lowest BCUT2D eigenvalue weighted by Crippen LogP contribution is -2.41. The van der Waals surface area contributed by atoms with Crippen molar-refractivity contribution < 1.29 is 33.1 Å². The Kier molecular flexibility index (Phi) is 7.94. The van der Waals surface area contributed by atoms with Crippen molar-refractivity contribution in [1.29, 1.82) is 0 Å². The van der Waals surface area contributed by atoms with Gasteiger partial charge in [0.1, 0.15) is 23.6 Å². The predicted octanol–water partition coefficient (Wildman–Crippen LogP) is 4.99. The van der Waals surface area contributed by atoms with E-state index in [2.05, 4.69) is 0 Å². The summed E-state index contributed by atoms with van der Waals surface area (Å²) in [7, 11) is 1.71. The first-order valence-corrected chi connectivity index (χ1v) is 13.6. The van der Waals surface area contributed by atoms with Crippen LogP contribution < -0.4 is 10.2 Å². The molecule has 1 saturated heterocycles. The van der Waals surface area contributed by atoms with E-state index in [1.807, 2.05) is 88.4 Å². The Bertz CT molecular complexity index is 1580. The number of hydrogen-bond donors (Lipinski definition) is 0. The summed E-state index contributed by atoms with van der Waals surface area (Å²) >= 11 is 0. The fraction of sp³-hybridized carbons (Fsp3) is 0.281. The molecule has 0 saturated carbocycles. The second-order valence-electron chi connectivity index (χ2n) is 10.9. The molecule has 216 valence electrons. The third-order valence-electron chi connectivity index (χ3n) is 7.69. The van der Waals surface area contributed by atoms with E-state index in [1.165, 1.54) is 18.9 Å². The first-order valence-electron chi connectivity index (χ1n) is 13.6. The van der Waals surface area contributed by atoms with Crippen molar-refractivity contribution >= 4 is 24.5 Å². The Balaban J connectivity index is 1.73. The number of carbonyl (C=O) groups is 2. The van der Waals surface area contributed by atoms with E-state index in [1.54, 1.807) is 18.2 Å². The van der Waals surface area contributed by atoms with Gasteiger partial charge in [-0.1, -0.05) is 54.6 Å². The van der Waals surface area contributed by atoms with Crippen LogP contribution in [0.5, 0.6) is 5.75 Å². The molecule has 1 aromatic heterocycles. The Morgan fingerprint density at radius 3 is 2.02 bits per heavy atom. The molecule has 1 aliphatic rings. The molecular weight excluding hydrogens is 535 g/mol. The average Bonchev–Trinajstić information content (AvgIpc) is 3.49. The van der Waals surface area contributed by atoms with E-state index in [4.69, 9.17) is 28.6 Å². The van der Waals surface area contributed by atoms with Gasteiger partial charge in [-0.15, -0.1) is 0 Å². The van der Waals surface area contributed by atoms with Crippen molar-refractivity contribution in [1.82, 2.24) is 9.78 Å². The van der Waals surface area contributed by atoms with E-state index in [9.17, 15) is 9.59 Å². The maximum Gasteiger partial charge on any atom is 0.495 e. The van der Waals surface area contributed by atoms with Crippen molar-refractivity contribution in [2.24, 2.45) is 0 Å². The Hall–Kier alpha value is -4.41. The molecule has 42 heavy (non-hydrogen) atoms. The molecule has 1 aliphatic heterocycles. The first kappa shape index (κ1) is 29.1. The topological polar surface area (TPSA) is 98.1 Å². The fourth-order valence-corrected chi connectivity index (χ4v) is 4.69. The molecule has 0 radical (unpaired) electrons. The van der Waals surface area contributed by atoms with Crippen molar-refractivity contribution in [2.45, 2.75) is 45.5 Å². The number of rotatable bonds is 8. The molecule has 3 aromatic carbocycles. The van der Waals surface area contributed by atoms with Gasteiger partial charge in [0.05, 0.1) is 31.1 Å². The molecule has 10 heteroatoms. The zero-order chi connectivity index (χ0) is 30.1. The number of aromatic nitrogens is 2. The highest BCUT2D eigenvalue weighted by Crippen LogP contribution is 2.38. The highest BCUT2D eigenvalue weighted by Gasteiger charge is 2.52. The van der Waals surface area contributed by atoms with Crippen LogP contribution >= 0.6 is 0 Å². The van der Waals surface area contributed by atoms with Crippen molar-refractivity contribution in [3.8, 4) is 22.7 Å². The van der Waals surface area contributed by atoms with Crippen LogP contribution in [0.1, 0.15) is 54.1 Å². The monoisotopic (exact) mass is 568 g/mol. The molecule has 0 bridgehead atoms. The molecule has 2 heterocycles. The summed E-state index contributed by atoms with van der Waals surface area (Å²) in [6.07, 6.45) is 0. The van der Waals surface area contributed by atoms with Crippen LogP contribution in [0, 0.1) is 0 Å². The minimum Gasteiger partial charge on any atom is -0.489 e. The normalized spacial score (nSPS) is 15.3. The Morgan fingerprint density at radius 1 is 0.833 bits per heavy atom. The summed E-state index contributed by atoms with van der Waals surface area (Å²) in [6.45, 7) is 8.17. The number of methoxy groups -OCH3 is 2. The molecule has 0 atom stereocenters. The van der Waals surface area contributed by atoms with Crippen molar-refractivity contribution in [3.63, 3.8) is 0 Å². The first-order chi connectivity index (χ1) is 20.1. The average molecular weight is 568 g/mol. The van der Waals surface area contributed by atoms with Gasteiger partial charge in [-0.25, -0.2) is 14.3 Å². The molecule has 0 N–H and O–H groups in total. The quantitative estimate of drug-likeness (QED) is 0.217. The number of para-hydroxylation sites is 1. The number of ether oxygens (including phenoxy) is 3. The second-order valence-corrected chi connectivity index (χ2v) is 10.9. The molecular formula is C32H33BN2O7. The standard InChI is InChI=1S/C32H33BN2O7/c1-31(2)32(3,4)42-33(41-31)25-18-17-23(40-20-21-13-9-7-10-14-21)19-24(25)27-26(29(36)38-5)28(30(37)39-6)35(34-27)22-15-11-8-12-16-22/h7-19H,20H2,1-6H3.